The van der Waals surface area contributed by atoms with Gasteiger partial charge in [-0.25, -0.2) is 0 Å². The van der Waals surface area contributed by atoms with Crippen LogP contribution in [0.1, 0.15) is 56.5 Å². The molecule has 0 bridgehead atoms. The molecule has 2 rings (SSSR count). The minimum Gasteiger partial charge on any atom is -0.328 e. The summed E-state index contributed by atoms with van der Waals surface area (Å²) in [7, 11) is 0. The topological polar surface area (TPSA) is 54.7 Å². The average molecular weight is 235 g/mol. The molecule has 0 amide bonds. The molecule has 1 aliphatic rings. The number of hydrogen-bond donors (Lipinski definition) is 2. The third-order valence-electron chi connectivity index (χ3n) is 4.11. The number of nitrogens with zero attached hydrogens (tertiary/aromatic N) is 1. The van der Waals surface area contributed by atoms with Gasteiger partial charge < -0.3 is 5.73 Å². The fourth-order valence-electron chi connectivity index (χ4n) is 2.95. The third kappa shape index (κ3) is 2.89. The number of aryl methyl sites for hydroxylation is 2. The second-order valence-electron chi connectivity index (χ2n) is 5.32. The Bertz CT molecular complexity index is 327. The summed E-state index contributed by atoms with van der Waals surface area (Å²) in [6.45, 7) is 4.39. The maximum atomic E-state index is 5.96. The second kappa shape index (κ2) is 5.67. The molecule has 0 aliphatic heterocycles. The van der Waals surface area contributed by atoms with Gasteiger partial charge in [-0.3, -0.25) is 5.10 Å². The quantitative estimate of drug-likeness (QED) is 0.843. The Hall–Kier alpha value is -0.830. The van der Waals surface area contributed by atoms with Gasteiger partial charge in [0.1, 0.15) is 0 Å². The van der Waals surface area contributed by atoms with Crippen LogP contribution in [0.4, 0.5) is 0 Å². The molecule has 0 aromatic carbocycles. The van der Waals surface area contributed by atoms with Gasteiger partial charge in [0.2, 0.25) is 0 Å². The lowest BCUT2D eigenvalue weighted by Crippen LogP contribution is -2.27. The molecule has 1 saturated carbocycles. The van der Waals surface area contributed by atoms with Crippen LogP contribution in [0.2, 0.25) is 0 Å². The first kappa shape index (κ1) is 12.6. The van der Waals surface area contributed by atoms with E-state index >= 15 is 0 Å². The molecule has 0 atom stereocenters. The second-order valence-corrected chi connectivity index (χ2v) is 5.32. The van der Waals surface area contributed by atoms with Crippen LogP contribution in [0.25, 0.3) is 0 Å². The summed E-state index contributed by atoms with van der Waals surface area (Å²) in [5.41, 5.74) is 10.1. The Balaban J connectivity index is 2.04. The summed E-state index contributed by atoms with van der Waals surface area (Å²) in [5, 5.41) is 7.63. The van der Waals surface area contributed by atoms with E-state index < -0.39 is 0 Å². The molecule has 0 spiro atoms. The van der Waals surface area contributed by atoms with Crippen LogP contribution in [-0.2, 0) is 19.3 Å². The molecule has 17 heavy (non-hydrogen) atoms. The highest BCUT2D eigenvalue weighted by atomic mass is 15.1. The van der Waals surface area contributed by atoms with Gasteiger partial charge in [-0.15, -0.1) is 0 Å². The SMILES string of the molecule is CCc1n[nH]c(CC)c1C[C@H]1CC[C@H](N)CC1. The van der Waals surface area contributed by atoms with E-state index in [1.54, 1.807) is 0 Å². The van der Waals surface area contributed by atoms with Gasteiger partial charge in [-0.05, 0) is 56.4 Å². The van der Waals surface area contributed by atoms with Crippen LogP contribution < -0.4 is 5.73 Å². The minimum absolute atomic E-state index is 0.451. The lowest BCUT2D eigenvalue weighted by molar-refractivity contribution is 0.324. The lowest BCUT2D eigenvalue weighted by Gasteiger charge is -2.26. The maximum absolute atomic E-state index is 5.96. The largest absolute Gasteiger partial charge is 0.328 e. The van der Waals surface area contributed by atoms with Gasteiger partial charge >= 0.3 is 0 Å². The van der Waals surface area contributed by atoms with Gasteiger partial charge in [-0.1, -0.05) is 13.8 Å². The van der Waals surface area contributed by atoms with Crippen molar-refractivity contribution in [1.29, 1.82) is 0 Å². The standard InChI is InChI=1S/C14H25N3/c1-3-13-12(14(4-2)17-16-13)9-10-5-7-11(15)8-6-10/h10-11H,3-9,15H2,1-2H3,(H,16,17)/t10-,11-. The number of rotatable bonds is 4. The molecular weight excluding hydrogens is 210 g/mol. The fraction of sp³-hybridized carbons (Fsp3) is 0.786. The van der Waals surface area contributed by atoms with Gasteiger partial charge in [-0.2, -0.15) is 5.10 Å². The number of aromatic amines is 1. The summed E-state index contributed by atoms with van der Waals surface area (Å²) >= 11 is 0. The molecule has 3 heteroatoms. The molecule has 0 saturated heterocycles. The summed E-state index contributed by atoms with van der Waals surface area (Å²) in [5.74, 6) is 0.822. The molecule has 1 aromatic rings. The monoisotopic (exact) mass is 235 g/mol. The van der Waals surface area contributed by atoms with Crippen molar-refractivity contribution in [1.82, 2.24) is 10.2 Å². The predicted molar refractivity (Wildman–Crippen MR) is 71.0 cm³/mol. The van der Waals surface area contributed by atoms with Crippen LogP contribution in [0, 0.1) is 5.92 Å². The molecular formula is C14H25N3. The first-order chi connectivity index (χ1) is 8.24. The van der Waals surface area contributed by atoms with E-state index in [1.165, 1.54) is 49.1 Å². The first-order valence-corrected chi connectivity index (χ1v) is 7.05. The molecule has 3 nitrogen and oxygen atoms in total. The van der Waals surface area contributed by atoms with Crippen LogP contribution >= 0.6 is 0 Å². The zero-order chi connectivity index (χ0) is 12.3. The number of nitrogens with two attached hydrogens (primary N) is 1. The van der Waals surface area contributed by atoms with Crippen LogP contribution in [-0.4, -0.2) is 16.2 Å². The molecule has 1 aromatic heterocycles. The van der Waals surface area contributed by atoms with Crippen molar-refractivity contribution in [3.8, 4) is 0 Å². The Morgan fingerprint density at radius 2 is 1.88 bits per heavy atom. The zero-order valence-electron chi connectivity index (χ0n) is 11.1. The van der Waals surface area contributed by atoms with Crippen molar-refractivity contribution in [2.75, 3.05) is 0 Å². The highest BCUT2D eigenvalue weighted by molar-refractivity contribution is 5.26. The number of aromatic nitrogens is 2. The first-order valence-electron chi connectivity index (χ1n) is 7.05. The molecule has 1 heterocycles. The molecule has 1 fully saturated rings. The normalized spacial score (nSPS) is 25.1. The fourth-order valence-corrected chi connectivity index (χ4v) is 2.95. The third-order valence-corrected chi connectivity index (χ3v) is 4.11. The predicted octanol–water partition coefficient (Wildman–Crippen LogP) is 2.59. The smallest absolute Gasteiger partial charge is 0.0654 e. The maximum Gasteiger partial charge on any atom is 0.0654 e. The van der Waals surface area contributed by atoms with Gasteiger partial charge in [0.05, 0.1) is 5.69 Å². The van der Waals surface area contributed by atoms with Crippen LogP contribution in [0.3, 0.4) is 0 Å². The summed E-state index contributed by atoms with van der Waals surface area (Å²) < 4.78 is 0. The number of H-pyrrole nitrogens is 1. The van der Waals surface area contributed by atoms with Gasteiger partial charge in [0, 0.05) is 11.7 Å². The Morgan fingerprint density at radius 3 is 2.47 bits per heavy atom. The summed E-state index contributed by atoms with van der Waals surface area (Å²) in [6.07, 6.45) is 8.29. The molecule has 0 radical (unpaired) electrons. The Kier molecular flexibility index (Phi) is 4.21. The molecule has 1 aliphatic carbocycles. The van der Waals surface area contributed by atoms with Gasteiger partial charge in [0.15, 0.2) is 0 Å². The van der Waals surface area contributed by atoms with Crippen LogP contribution in [0.5, 0.6) is 0 Å². The Morgan fingerprint density at radius 1 is 1.18 bits per heavy atom. The average Bonchev–Trinajstić information content (AvgIpc) is 2.74. The van der Waals surface area contributed by atoms with Crippen molar-refractivity contribution in [3.63, 3.8) is 0 Å². The zero-order valence-corrected chi connectivity index (χ0v) is 11.1. The minimum atomic E-state index is 0.451. The summed E-state index contributed by atoms with van der Waals surface area (Å²) in [6, 6.07) is 0.451. The van der Waals surface area contributed by atoms with Crippen molar-refractivity contribution in [2.24, 2.45) is 11.7 Å². The van der Waals surface area contributed by atoms with E-state index in [0.29, 0.717) is 6.04 Å². The van der Waals surface area contributed by atoms with Crippen molar-refractivity contribution < 1.29 is 0 Å². The van der Waals surface area contributed by atoms with E-state index in [1.807, 2.05) is 0 Å². The van der Waals surface area contributed by atoms with Crippen molar-refractivity contribution in [3.05, 3.63) is 17.0 Å². The summed E-state index contributed by atoms with van der Waals surface area (Å²) in [4.78, 5) is 0. The molecule has 0 unspecified atom stereocenters. The lowest BCUT2D eigenvalue weighted by atomic mass is 9.82. The van der Waals surface area contributed by atoms with E-state index in [-0.39, 0.29) is 0 Å². The molecule has 3 N–H and O–H groups in total. The van der Waals surface area contributed by atoms with Gasteiger partial charge in [0.25, 0.3) is 0 Å². The highest BCUT2D eigenvalue weighted by Crippen LogP contribution is 2.28. The van der Waals surface area contributed by atoms with E-state index in [9.17, 15) is 0 Å². The Labute approximate surface area is 104 Å². The highest BCUT2D eigenvalue weighted by Gasteiger charge is 2.21. The van der Waals surface area contributed by atoms with E-state index in [0.717, 1.165) is 18.8 Å². The molecule has 96 valence electrons. The van der Waals surface area contributed by atoms with E-state index in [4.69, 9.17) is 5.73 Å². The van der Waals surface area contributed by atoms with Crippen molar-refractivity contribution >= 4 is 0 Å². The number of nitrogens with one attached hydrogen (secondary N) is 1. The van der Waals surface area contributed by atoms with Crippen molar-refractivity contribution in [2.45, 2.75) is 64.8 Å². The van der Waals surface area contributed by atoms with E-state index in [2.05, 4.69) is 24.0 Å². The van der Waals surface area contributed by atoms with Crippen LogP contribution in [0.15, 0.2) is 0 Å². The number of hydrogen-bond acceptors (Lipinski definition) is 2.